The summed E-state index contributed by atoms with van der Waals surface area (Å²) in [7, 11) is 0. The van der Waals surface area contributed by atoms with Crippen LogP contribution in [-0.4, -0.2) is 28.1 Å². The topological polar surface area (TPSA) is 36.4 Å². The first-order chi connectivity index (χ1) is 11.6. The van der Waals surface area contributed by atoms with Crippen molar-refractivity contribution in [2.45, 2.75) is 31.4 Å². The average molecular weight is 326 g/mol. The zero-order chi connectivity index (χ0) is 16.6. The third-order valence-corrected chi connectivity index (χ3v) is 5.70. The van der Waals surface area contributed by atoms with E-state index >= 15 is 0 Å². The van der Waals surface area contributed by atoms with Crippen LogP contribution >= 0.6 is 0 Å². The van der Waals surface area contributed by atoms with Gasteiger partial charge in [0.15, 0.2) is 0 Å². The van der Waals surface area contributed by atoms with E-state index in [1.54, 1.807) is 6.07 Å². The van der Waals surface area contributed by atoms with Crippen molar-refractivity contribution in [3.05, 3.63) is 65.7 Å². The second-order valence-corrected chi connectivity index (χ2v) is 7.21. The van der Waals surface area contributed by atoms with Gasteiger partial charge in [-0.05, 0) is 55.0 Å². The molecule has 1 saturated heterocycles. The number of aromatic nitrogens is 1. The number of nitrogens with zero attached hydrogens (tertiary/aromatic N) is 2. The van der Waals surface area contributed by atoms with E-state index in [2.05, 4.69) is 9.88 Å². The van der Waals surface area contributed by atoms with Gasteiger partial charge in [-0.2, -0.15) is 0 Å². The van der Waals surface area contributed by atoms with Gasteiger partial charge in [-0.3, -0.25) is 9.88 Å². The molecule has 3 nitrogen and oxygen atoms in total. The Morgan fingerprint density at radius 1 is 1.21 bits per heavy atom. The van der Waals surface area contributed by atoms with Gasteiger partial charge in [0.25, 0.3) is 0 Å². The maximum Gasteiger partial charge on any atom is 0.123 e. The molecular weight excluding hydrogens is 303 g/mol. The molecule has 4 rings (SSSR count). The molecule has 2 aliphatic rings. The van der Waals surface area contributed by atoms with Gasteiger partial charge in [0.1, 0.15) is 5.82 Å². The highest BCUT2D eigenvalue weighted by Crippen LogP contribution is 2.48. The minimum Gasteiger partial charge on any atom is -0.385 e. The highest BCUT2D eigenvalue weighted by atomic mass is 19.1. The summed E-state index contributed by atoms with van der Waals surface area (Å²) < 4.78 is 13.7. The Bertz CT molecular complexity index is 708. The van der Waals surface area contributed by atoms with E-state index < -0.39 is 5.60 Å². The first-order valence-corrected chi connectivity index (χ1v) is 8.76. The fourth-order valence-electron chi connectivity index (χ4n) is 4.58. The van der Waals surface area contributed by atoms with Gasteiger partial charge in [0.2, 0.25) is 0 Å². The van der Waals surface area contributed by atoms with Crippen molar-refractivity contribution in [3.8, 4) is 0 Å². The lowest BCUT2D eigenvalue weighted by Gasteiger charge is -2.41. The number of halogens is 1. The van der Waals surface area contributed by atoms with Crippen LogP contribution in [-0.2, 0) is 12.1 Å². The molecule has 24 heavy (non-hydrogen) atoms. The van der Waals surface area contributed by atoms with Crippen molar-refractivity contribution in [3.63, 3.8) is 0 Å². The Kier molecular flexibility index (Phi) is 4.10. The lowest BCUT2D eigenvalue weighted by molar-refractivity contribution is -0.0650. The highest BCUT2D eigenvalue weighted by Gasteiger charge is 2.49. The first-order valence-electron chi connectivity index (χ1n) is 8.76. The Morgan fingerprint density at radius 3 is 2.92 bits per heavy atom. The lowest BCUT2D eigenvalue weighted by atomic mass is 9.67. The SMILES string of the molecule is OC1(c2cccc(F)c2)CCCC2CN(Cc3ccccn3)CC21. The Labute approximate surface area is 142 Å². The molecule has 2 fully saturated rings. The molecule has 4 heteroatoms. The largest absolute Gasteiger partial charge is 0.385 e. The zero-order valence-electron chi connectivity index (χ0n) is 13.7. The predicted molar refractivity (Wildman–Crippen MR) is 90.6 cm³/mol. The summed E-state index contributed by atoms with van der Waals surface area (Å²) >= 11 is 0. The Hall–Kier alpha value is -1.78. The number of aliphatic hydroxyl groups is 1. The molecule has 0 bridgehead atoms. The second-order valence-electron chi connectivity index (χ2n) is 7.21. The van der Waals surface area contributed by atoms with Crippen LogP contribution in [0.2, 0.25) is 0 Å². The van der Waals surface area contributed by atoms with Crippen molar-refractivity contribution in [1.82, 2.24) is 9.88 Å². The Morgan fingerprint density at radius 2 is 2.12 bits per heavy atom. The van der Waals surface area contributed by atoms with Crippen LogP contribution < -0.4 is 0 Å². The second kappa shape index (κ2) is 6.26. The number of rotatable bonds is 3. The standard InChI is InChI=1S/C20H23FN2O/c21-17-7-3-6-16(11-17)20(24)9-4-5-15-12-23(14-19(15)20)13-18-8-1-2-10-22-18/h1-3,6-8,10-11,15,19,24H,4-5,9,12-14H2. The minimum absolute atomic E-state index is 0.164. The van der Waals surface area contributed by atoms with Gasteiger partial charge >= 0.3 is 0 Å². The Balaban J connectivity index is 1.56. The number of benzene rings is 1. The molecule has 3 atom stereocenters. The van der Waals surface area contributed by atoms with E-state index in [-0.39, 0.29) is 11.7 Å². The van der Waals surface area contributed by atoms with Crippen molar-refractivity contribution in [1.29, 1.82) is 0 Å². The van der Waals surface area contributed by atoms with Crippen LogP contribution in [0.4, 0.5) is 4.39 Å². The molecule has 1 aliphatic carbocycles. The molecular formula is C20H23FN2O. The minimum atomic E-state index is -0.913. The molecule has 2 aromatic rings. The molecule has 1 saturated carbocycles. The normalized spacial score (nSPS) is 30.2. The third kappa shape index (κ3) is 2.85. The summed E-state index contributed by atoms with van der Waals surface area (Å²) in [6.45, 7) is 2.64. The van der Waals surface area contributed by atoms with Gasteiger partial charge in [-0.1, -0.05) is 18.2 Å². The van der Waals surface area contributed by atoms with E-state index in [1.807, 2.05) is 30.5 Å². The fourth-order valence-corrected chi connectivity index (χ4v) is 4.58. The zero-order valence-corrected chi connectivity index (χ0v) is 13.7. The van der Waals surface area contributed by atoms with Crippen LogP contribution in [0.1, 0.15) is 30.5 Å². The van der Waals surface area contributed by atoms with Crippen molar-refractivity contribution < 1.29 is 9.50 Å². The fraction of sp³-hybridized carbons (Fsp3) is 0.450. The third-order valence-electron chi connectivity index (χ3n) is 5.70. The van der Waals surface area contributed by atoms with Crippen LogP contribution in [0.25, 0.3) is 0 Å². The number of fused-ring (bicyclic) bond motifs is 1. The van der Waals surface area contributed by atoms with Crippen LogP contribution in [0.3, 0.4) is 0 Å². The van der Waals surface area contributed by atoms with Gasteiger partial charge in [0.05, 0.1) is 11.3 Å². The van der Waals surface area contributed by atoms with Gasteiger partial charge in [-0.25, -0.2) is 4.39 Å². The molecule has 2 heterocycles. The van der Waals surface area contributed by atoms with Crippen molar-refractivity contribution >= 4 is 0 Å². The monoisotopic (exact) mass is 326 g/mol. The summed E-state index contributed by atoms with van der Waals surface area (Å²) in [6, 6.07) is 12.5. The van der Waals surface area contributed by atoms with E-state index in [9.17, 15) is 9.50 Å². The smallest absolute Gasteiger partial charge is 0.123 e. The number of pyridine rings is 1. The number of likely N-dealkylation sites (tertiary alicyclic amines) is 1. The molecule has 1 N–H and O–H groups in total. The van der Waals surface area contributed by atoms with Crippen molar-refractivity contribution in [2.75, 3.05) is 13.1 Å². The van der Waals surface area contributed by atoms with E-state index in [0.717, 1.165) is 50.2 Å². The maximum absolute atomic E-state index is 13.7. The molecule has 1 aliphatic heterocycles. The summed E-state index contributed by atoms with van der Waals surface area (Å²) in [6.07, 6.45) is 4.67. The van der Waals surface area contributed by atoms with E-state index in [0.29, 0.717) is 5.92 Å². The number of hydrogen-bond donors (Lipinski definition) is 1. The number of hydrogen-bond acceptors (Lipinski definition) is 3. The van der Waals surface area contributed by atoms with E-state index in [4.69, 9.17) is 0 Å². The molecule has 0 radical (unpaired) electrons. The molecule has 1 aromatic heterocycles. The van der Waals surface area contributed by atoms with Crippen LogP contribution in [0.15, 0.2) is 48.7 Å². The van der Waals surface area contributed by atoms with Crippen molar-refractivity contribution in [2.24, 2.45) is 11.8 Å². The van der Waals surface area contributed by atoms with Crippen LogP contribution in [0, 0.1) is 17.7 Å². The molecule has 3 unspecified atom stereocenters. The van der Waals surface area contributed by atoms with Gasteiger partial charge in [0, 0.05) is 31.7 Å². The molecule has 126 valence electrons. The molecule has 1 aromatic carbocycles. The molecule has 0 amide bonds. The lowest BCUT2D eigenvalue weighted by Crippen LogP contribution is -2.42. The summed E-state index contributed by atoms with van der Waals surface area (Å²) in [5, 5.41) is 11.4. The molecule has 0 spiro atoms. The average Bonchev–Trinajstić information content (AvgIpc) is 3.00. The maximum atomic E-state index is 13.7. The summed E-state index contributed by atoms with van der Waals surface area (Å²) in [5.41, 5.74) is 0.881. The summed E-state index contributed by atoms with van der Waals surface area (Å²) in [4.78, 5) is 6.79. The predicted octanol–water partition coefficient (Wildman–Crippen LogP) is 3.34. The van der Waals surface area contributed by atoms with E-state index in [1.165, 1.54) is 12.1 Å². The van der Waals surface area contributed by atoms with Crippen LogP contribution in [0.5, 0.6) is 0 Å². The quantitative estimate of drug-likeness (QED) is 0.940. The summed E-state index contributed by atoms with van der Waals surface area (Å²) in [5.74, 6) is 0.360. The first kappa shape index (κ1) is 15.7. The van der Waals surface area contributed by atoms with Gasteiger partial charge in [-0.15, -0.1) is 0 Å². The van der Waals surface area contributed by atoms with Gasteiger partial charge < -0.3 is 5.11 Å². The highest BCUT2D eigenvalue weighted by molar-refractivity contribution is 5.26.